The standard InChI is InChI=1S/C14H12ClFN2O3S/c1-9(14(19)18-12-3-2-8-17-13(12)15)22(20,21)11-6-4-10(16)5-7-11/h2-9H,1H3,(H,18,19)/t9-/m0/s1. The van der Waals surface area contributed by atoms with Crippen molar-refractivity contribution in [1.82, 2.24) is 4.98 Å². The van der Waals surface area contributed by atoms with E-state index in [2.05, 4.69) is 10.3 Å². The molecule has 1 aromatic carbocycles. The van der Waals surface area contributed by atoms with Gasteiger partial charge in [0.15, 0.2) is 15.0 Å². The minimum atomic E-state index is -3.93. The molecule has 0 aliphatic heterocycles. The summed E-state index contributed by atoms with van der Waals surface area (Å²) >= 11 is 5.80. The lowest BCUT2D eigenvalue weighted by Gasteiger charge is -2.13. The van der Waals surface area contributed by atoms with Crippen molar-refractivity contribution in [2.45, 2.75) is 17.1 Å². The third-order valence-electron chi connectivity index (χ3n) is 2.99. The van der Waals surface area contributed by atoms with Crippen LogP contribution in [0.15, 0.2) is 47.5 Å². The van der Waals surface area contributed by atoms with Crippen LogP contribution in [0.25, 0.3) is 0 Å². The summed E-state index contributed by atoms with van der Waals surface area (Å²) in [5, 5.41) is 1.10. The quantitative estimate of drug-likeness (QED) is 0.684. The molecule has 0 saturated carbocycles. The van der Waals surface area contributed by atoms with Gasteiger partial charge in [-0.3, -0.25) is 4.79 Å². The second-order valence-electron chi connectivity index (χ2n) is 4.47. The maximum absolute atomic E-state index is 12.9. The van der Waals surface area contributed by atoms with Crippen LogP contribution in [0.1, 0.15) is 6.92 Å². The van der Waals surface area contributed by atoms with E-state index in [1.54, 1.807) is 6.07 Å². The van der Waals surface area contributed by atoms with E-state index in [4.69, 9.17) is 11.6 Å². The molecule has 116 valence electrons. The van der Waals surface area contributed by atoms with Gasteiger partial charge in [0.25, 0.3) is 0 Å². The Hall–Kier alpha value is -1.99. The summed E-state index contributed by atoms with van der Waals surface area (Å²) in [5.41, 5.74) is 0.218. The molecule has 0 unspecified atom stereocenters. The van der Waals surface area contributed by atoms with Crippen LogP contribution in [0.5, 0.6) is 0 Å². The molecule has 2 rings (SSSR count). The molecule has 1 aromatic heterocycles. The van der Waals surface area contributed by atoms with Crippen molar-refractivity contribution in [2.75, 3.05) is 5.32 Å². The molecular weight excluding hydrogens is 331 g/mol. The molecule has 2 aromatic rings. The fraction of sp³-hybridized carbons (Fsp3) is 0.143. The molecule has 0 spiro atoms. The number of nitrogens with one attached hydrogen (secondary N) is 1. The SMILES string of the molecule is C[C@@H](C(=O)Nc1cccnc1Cl)S(=O)(=O)c1ccc(F)cc1. The van der Waals surface area contributed by atoms with Gasteiger partial charge in [-0.25, -0.2) is 17.8 Å². The van der Waals surface area contributed by atoms with Crippen molar-refractivity contribution in [3.05, 3.63) is 53.6 Å². The molecule has 0 saturated heterocycles. The van der Waals surface area contributed by atoms with Crippen LogP contribution in [-0.4, -0.2) is 24.6 Å². The normalized spacial score (nSPS) is 12.7. The lowest BCUT2D eigenvalue weighted by atomic mass is 10.3. The van der Waals surface area contributed by atoms with E-state index in [1.165, 1.54) is 19.2 Å². The molecule has 1 amide bonds. The summed E-state index contributed by atoms with van der Waals surface area (Å²) < 4.78 is 37.5. The lowest BCUT2D eigenvalue weighted by Crippen LogP contribution is -2.32. The van der Waals surface area contributed by atoms with E-state index in [0.29, 0.717) is 0 Å². The fourth-order valence-corrected chi connectivity index (χ4v) is 3.11. The zero-order valence-electron chi connectivity index (χ0n) is 11.5. The third kappa shape index (κ3) is 3.42. The summed E-state index contributed by atoms with van der Waals surface area (Å²) in [5.74, 6) is -1.31. The average molecular weight is 343 g/mol. The van der Waals surface area contributed by atoms with E-state index in [1.807, 2.05) is 0 Å². The topological polar surface area (TPSA) is 76.1 Å². The Kier molecular flexibility index (Phi) is 4.77. The van der Waals surface area contributed by atoms with E-state index >= 15 is 0 Å². The summed E-state index contributed by atoms with van der Waals surface area (Å²) in [6.45, 7) is 1.25. The number of carbonyl (C=O) groups is 1. The van der Waals surface area contributed by atoms with Crippen molar-refractivity contribution in [2.24, 2.45) is 0 Å². The fourth-order valence-electron chi connectivity index (χ4n) is 1.68. The minimum Gasteiger partial charge on any atom is -0.322 e. The molecule has 0 fully saturated rings. The van der Waals surface area contributed by atoms with E-state index in [9.17, 15) is 17.6 Å². The van der Waals surface area contributed by atoms with Gasteiger partial charge in [-0.2, -0.15) is 0 Å². The first kappa shape index (κ1) is 16.4. The number of aromatic nitrogens is 1. The summed E-state index contributed by atoms with van der Waals surface area (Å²) in [6, 6.07) is 7.34. The number of benzene rings is 1. The zero-order valence-corrected chi connectivity index (χ0v) is 13.0. The van der Waals surface area contributed by atoms with Crippen molar-refractivity contribution in [3.8, 4) is 0 Å². The largest absolute Gasteiger partial charge is 0.322 e. The van der Waals surface area contributed by atoms with Gasteiger partial charge in [0, 0.05) is 6.20 Å². The highest BCUT2D eigenvalue weighted by Crippen LogP contribution is 2.21. The third-order valence-corrected chi connectivity index (χ3v) is 5.37. The van der Waals surface area contributed by atoms with Crippen molar-refractivity contribution < 1.29 is 17.6 Å². The monoisotopic (exact) mass is 342 g/mol. The number of hydrogen-bond donors (Lipinski definition) is 1. The van der Waals surface area contributed by atoms with Gasteiger partial charge in [0.1, 0.15) is 11.1 Å². The van der Waals surface area contributed by atoms with Gasteiger partial charge in [0.05, 0.1) is 10.6 Å². The predicted octanol–water partition coefficient (Wildman–Crippen LogP) is 2.68. The molecule has 0 aliphatic rings. The second kappa shape index (κ2) is 6.41. The highest BCUT2D eigenvalue weighted by Gasteiger charge is 2.30. The average Bonchev–Trinajstić information content (AvgIpc) is 2.49. The van der Waals surface area contributed by atoms with E-state index < -0.39 is 26.8 Å². The number of nitrogens with zero attached hydrogens (tertiary/aromatic N) is 1. The van der Waals surface area contributed by atoms with Gasteiger partial charge in [-0.15, -0.1) is 0 Å². The van der Waals surface area contributed by atoms with Crippen molar-refractivity contribution in [1.29, 1.82) is 0 Å². The smallest absolute Gasteiger partial charge is 0.242 e. The Bertz CT molecular complexity index is 794. The van der Waals surface area contributed by atoms with Gasteiger partial charge < -0.3 is 5.32 Å². The van der Waals surface area contributed by atoms with Crippen LogP contribution in [0, 0.1) is 5.82 Å². The van der Waals surface area contributed by atoms with Gasteiger partial charge in [-0.1, -0.05) is 11.6 Å². The molecule has 0 bridgehead atoms. The Labute approximate surface area is 132 Å². The Morgan fingerprint density at radius 1 is 1.27 bits per heavy atom. The van der Waals surface area contributed by atoms with Crippen LogP contribution in [-0.2, 0) is 14.6 Å². The number of amides is 1. The summed E-state index contributed by atoms with van der Waals surface area (Å²) in [6.07, 6.45) is 1.44. The van der Waals surface area contributed by atoms with Gasteiger partial charge in [0.2, 0.25) is 5.91 Å². The number of carbonyl (C=O) groups excluding carboxylic acids is 1. The van der Waals surface area contributed by atoms with Crippen LogP contribution in [0.2, 0.25) is 5.15 Å². The van der Waals surface area contributed by atoms with Gasteiger partial charge >= 0.3 is 0 Å². The van der Waals surface area contributed by atoms with Crippen LogP contribution in [0.3, 0.4) is 0 Å². The highest BCUT2D eigenvalue weighted by molar-refractivity contribution is 7.92. The Morgan fingerprint density at radius 2 is 1.91 bits per heavy atom. The number of sulfone groups is 1. The van der Waals surface area contributed by atoms with Gasteiger partial charge in [-0.05, 0) is 43.3 Å². The first-order chi connectivity index (χ1) is 10.3. The second-order valence-corrected chi connectivity index (χ2v) is 7.10. The molecule has 1 N–H and O–H groups in total. The molecular formula is C14H12ClFN2O3S. The molecule has 1 heterocycles. The summed E-state index contributed by atoms with van der Waals surface area (Å²) in [4.78, 5) is 15.8. The summed E-state index contributed by atoms with van der Waals surface area (Å²) in [7, 11) is -3.93. The lowest BCUT2D eigenvalue weighted by molar-refractivity contribution is -0.115. The predicted molar refractivity (Wildman–Crippen MR) is 80.9 cm³/mol. The molecule has 0 aliphatic carbocycles. The minimum absolute atomic E-state index is 0.0576. The number of halogens is 2. The Morgan fingerprint density at radius 3 is 2.50 bits per heavy atom. The number of rotatable bonds is 4. The van der Waals surface area contributed by atoms with Crippen LogP contribution >= 0.6 is 11.6 Å². The van der Waals surface area contributed by atoms with Crippen molar-refractivity contribution >= 4 is 33.0 Å². The number of pyridine rings is 1. The molecule has 22 heavy (non-hydrogen) atoms. The molecule has 8 heteroatoms. The van der Waals surface area contributed by atoms with Crippen LogP contribution < -0.4 is 5.32 Å². The maximum atomic E-state index is 12.9. The molecule has 1 atom stereocenters. The molecule has 0 radical (unpaired) electrons. The van der Waals surface area contributed by atoms with E-state index in [-0.39, 0.29) is 15.7 Å². The van der Waals surface area contributed by atoms with Crippen LogP contribution in [0.4, 0.5) is 10.1 Å². The maximum Gasteiger partial charge on any atom is 0.242 e. The molecule has 5 nitrogen and oxygen atoms in total. The van der Waals surface area contributed by atoms with E-state index in [0.717, 1.165) is 24.3 Å². The number of anilines is 1. The first-order valence-electron chi connectivity index (χ1n) is 6.23. The first-order valence-corrected chi connectivity index (χ1v) is 8.15. The highest BCUT2D eigenvalue weighted by atomic mass is 35.5. The van der Waals surface area contributed by atoms with Crippen molar-refractivity contribution in [3.63, 3.8) is 0 Å². The number of hydrogen-bond acceptors (Lipinski definition) is 4. The Balaban J connectivity index is 2.23. The zero-order chi connectivity index (χ0) is 16.3.